The van der Waals surface area contributed by atoms with Crippen LogP contribution in [0.1, 0.15) is 18.5 Å². The molecule has 2 heterocycles. The number of anilines is 1. The fraction of sp³-hybridized carbons (Fsp3) is 0.200. The van der Waals surface area contributed by atoms with Gasteiger partial charge in [-0.3, -0.25) is 0 Å². The number of hydrogen-bond donors (Lipinski definition) is 1. The number of fused-ring (bicyclic) bond motifs is 1. The zero-order chi connectivity index (χ0) is 14.1. The van der Waals surface area contributed by atoms with E-state index in [0.717, 1.165) is 17.2 Å². The highest BCUT2D eigenvalue weighted by molar-refractivity contribution is 5.92. The third-order valence-corrected chi connectivity index (χ3v) is 3.44. The Labute approximate surface area is 116 Å². The van der Waals surface area contributed by atoms with E-state index in [0.29, 0.717) is 5.57 Å². The van der Waals surface area contributed by atoms with Gasteiger partial charge in [-0.25, -0.2) is 9.78 Å². The van der Waals surface area contributed by atoms with Crippen LogP contribution in [0.2, 0.25) is 0 Å². The Hall–Kier alpha value is -2.56. The fourth-order valence-electron chi connectivity index (χ4n) is 2.53. The zero-order valence-corrected chi connectivity index (χ0v) is 11.3. The number of allylic oxidation sites excluding steroid dienone is 1. The largest absolute Gasteiger partial charge is 0.466 e. The summed E-state index contributed by atoms with van der Waals surface area (Å²) >= 11 is 0. The number of carbonyl (C=O) groups is 1. The molecule has 3 rings (SSSR count). The van der Waals surface area contributed by atoms with E-state index in [9.17, 15) is 4.79 Å². The van der Waals surface area contributed by atoms with Gasteiger partial charge in [-0.05, 0) is 12.5 Å². The van der Waals surface area contributed by atoms with Gasteiger partial charge in [-0.1, -0.05) is 30.3 Å². The van der Waals surface area contributed by atoms with Crippen molar-refractivity contribution in [3.05, 3.63) is 59.6 Å². The summed E-state index contributed by atoms with van der Waals surface area (Å²) in [4.78, 5) is 16.4. The molecule has 0 radical (unpaired) electrons. The van der Waals surface area contributed by atoms with Crippen molar-refractivity contribution in [1.29, 1.82) is 0 Å². The van der Waals surface area contributed by atoms with E-state index in [2.05, 4.69) is 10.3 Å². The Morgan fingerprint density at radius 1 is 1.35 bits per heavy atom. The average Bonchev–Trinajstić information content (AvgIpc) is 2.93. The van der Waals surface area contributed by atoms with Gasteiger partial charge in [0.05, 0.1) is 18.7 Å². The minimum atomic E-state index is -0.330. The lowest BCUT2D eigenvalue weighted by atomic mass is 9.95. The van der Waals surface area contributed by atoms with Crippen molar-refractivity contribution in [2.24, 2.45) is 0 Å². The first kappa shape index (κ1) is 12.5. The van der Waals surface area contributed by atoms with E-state index in [1.54, 1.807) is 6.20 Å². The van der Waals surface area contributed by atoms with Crippen LogP contribution in [0.5, 0.6) is 0 Å². The lowest BCUT2D eigenvalue weighted by molar-refractivity contribution is -0.136. The maximum atomic E-state index is 12.1. The molecule has 1 aliphatic rings. The third-order valence-electron chi connectivity index (χ3n) is 3.44. The molecule has 0 amide bonds. The maximum absolute atomic E-state index is 12.1. The summed E-state index contributed by atoms with van der Waals surface area (Å²) in [7, 11) is 1.40. The van der Waals surface area contributed by atoms with E-state index in [1.807, 2.05) is 48.0 Å². The molecule has 0 fully saturated rings. The number of nitrogens with one attached hydrogen (secondary N) is 1. The molecular formula is C15H15N3O2. The highest BCUT2D eigenvalue weighted by atomic mass is 16.5. The monoisotopic (exact) mass is 269 g/mol. The van der Waals surface area contributed by atoms with Gasteiger partial charge in [-0.2, -0.15) is 0 Å². The van der Waals surface area contributed by atoms with Crippen molar-refractivity contribution in [2.75, 3.05) is 12.4 Å². The van der Waals surface area contributed by atoms with Gasteiger partial charge in [0.25, 0.3) is 0 Å². The number of nitrogens with zero attached hydrogens (tertiary/aromatic N) is 2. The van der Waals surface area contributed by atoms with Crippen LogP contribution in [0.25, 0.3) is 0 Å². The normalized spacial score (nSPS) is 17.4. The predicted octanol–water partition coefficient (Wildman–Crippen LogP) is 2.34. The second-order valence-corrected chi connectivity index (χ2v) is 4.63. The molecule has 5 heteroatoms. The Kier molecular flexibility index (Phi) is 3.02. The Balaban J connectivity index is 2.19. The van der Waals surface area contributed by atoms with Crippen molar-refractivity contribution in [2.45, 2.75) is 13.0 Å². The summed E-state index contributed by atoms with van der Waals surface area (Å²) in [6.07, 6.45) is 3.57. The molecule has 0 saturated heterocycles. The number of imidazole rings is 1. The van der Waals surface area contributed by atoms with Gasteiger partial charge in [0.2, 0.25) is 5.95 Å². The van der Waals surface area contributed by atoms with Crippen LogP contribution in [-0.2, 0) is 9.53 Å². The first-order chi connectivity index (χ1) is 9.72. The van der Waals surface area contributed by atoms with Crippen LogP contribution in [-0.4, -0.2) is 22.6 Å². The fourth-order valence-corrected chi connectivity index (χ4v) is 2.53. The Morgan fingerprint density at radius 3 is 2.80 bits per heavy atom. The van der Waals surface area contributed by atoms with Gasteiger partial charge < -0.3 is 14.6 Å². The smallest absolute Gasteiger partial charge is 0.337 e. The summed E-state index contributed by atoms with van der Waals surface area (Å²) in [5.74, 6) is 0.396. The molecule has 5 nitrogen and oxygen atoms in total. The molecular weight excluding hydrogens is 254 g/mol. The van der Waals surface area contributed by atoms with Crippen molar-refractivity contribution >= 4 is 11.9 Å². The first-order valence-corrected chi connectivity index (χ1v) is 6.36. The summed E-state index contributed by atoms with van der Waals surface area (Å²) in [6.45, 7) is 1.86. The van der Waals surface area contributed by atoms with Crippen LogP contribution >= 0.6 is 0 Å². The van der Waals surface area contributed by atoms with Gasteiger partial charge in [-0.15, -0.1) is 0 Å². The minimum Gasteiger partial charge on any atom is -0.466 e. The topological polar surface area (TPSA) is 56.1 Å². The zero-order valence-electron chi connectivity index (χ0n) is 11.3. The Bertz CT molecular complexity index is 673. The number of esters is 1. The van der Waals surface area contributed by atoms with Crippen LogP contribution < -0.4 is 5.32 Å². The second-order valence-electron chi connectivity index (χ2n) is 4.63. The lowest BCUT2D eigenvalue weighted by Gasteiger charge is -2.29. The molecule has 2 aromatic rings. The highest BCUT2D eigenvalue weighted by Crippen LogP contribution is 2.35. The lowest BCUT2D eigenvalue weighted by Crippen LogP contribution is -2.28. The summed E-state index contributed by atoms with van der Waals surface area (Å²) < 4.78 is 6.87. The number of ether oxygens (including phenoxy) is 1. The predicted molar refractivity (Wildman–Crippen MR) is 75.1 cm³/mol. The van der Waals surface area contributed by atoms with Crippen molar-refractivity contribution in [3.63, 3.8) is 0 Å². The maximum Gasteiger partial charge on any atom is 0.337 e. The molecule has 0 saturated carbocycles. The standard InChI is InChI=1S/C15H15N3O2/c1-10-12(14(19)20-2)13(11-6-4-3-5-7-11)18-9-8-16-15(18)17-10/h3-9,13H,1-2H3,(H,16,17). The summed E-state index contributed by atoms with van der Waals surface area (Å²) in [5.41, 5.74) is 2.39. The first-order valence-electron chi connectivity index (χ1n) is 6.36. The van der Waals surface area contributed by atoms with Crippen LogP contribution in [0.4, 0.5) is 5.95 Å². The van der Waals surface area contributed by atoms with Gasteiger partial charge in [0, 0.05) is 18.1 Å². The van der Waals surface area contributed by atoms with Crippen LogP contribution in [0.3, 0.4) is 0 Å². The van der Waals surface area contributed by atoms with E-state index < -0.39 is 0 Å². The van der Waals surface area contributed by atoms with Gasteiger partial charge >= 0.3 is 5.97 Å². The molecule has 1 unspecified atom stereocenters. The van der Waals surface area contributed by atoms with Gasteiger partial charge in [0.15, 0.2) is 0 Å². The molecule has 1 aromatic carbocycles. The molecule has 20 heavy (non-hydrogen) atoms. The minimum absolute atomic E-state index is 0.220. The summed E-state index contributed by atoms with van der Waals surface area (Å²) in [5, 5.41) is 3.14. The number of rotatable bonds is 2. The Morgan fingerprint density at radius 2 is 2.10 bits per heavy atom. The van der Waals surface area contributed by atoms with Crippen LogP contribution in [0.15, 0.2) is 54.0 Å². The molecule has 0 bridgehead atoms. The van der Waals surface area contributed by atoms with E-state index >= 15 is 0 Å². The van der Waals surface area contributed by atoms with Crippen molar-refractivity contribution in [1.82, 2.24) is 9.55 Å². The number of hydrogen-bond acceptors (Lipinski definition) is 4. The summed E-state index contributed by atoms with van der Waals surface area (Å²) in [6, 6.07) is 9.64. The molecule has 0 aliphatic carbocycles. The molecule has 1 N–H and O–H groups in total. The quantitative estimate of drug-likeness (QED) is 0.850. The van der Waals surface area contributed by atoms with E-state index in [-0.39, 0.29) is 12.0 Å². The molecule has 102 valence electrons. The van der Waals surface area contributed by atoms with E-state index in [4.69, 9.17) is 4.74 Å². The number of methoxy groups -OCH3 is 1. The molecule has 1 aromatic heterocycles. The number of aromatic nitrogens is 2. The highest BCUT2D eigenvalue weighted by Gasteiger charge is 2.32. The third kappa shape index (κ3) is 1.87. The van der Waals surface area contributed by atoms with E-state index in [1.165, 1.54) is 7.11 Å². The number of benzene rings is 1. The molecule has 1 atom stereocenters. The average molecular weight is 269 g/mol. The SMILES string of the molecule is COC(=O)C1=C(C)Nc2nccn2C1c1ccccc1. The van der Waals surface area contributed by atoms with Crippen LogP contribution in [0, 0.1) is 0 Å². The second kappa shape index (κ2) is 4.85. The van der Waals surface area contributed by atoms with Crippen molar-refractivity contribution in [3.8, 4) is 0 Å². The van der Waals surface area contributed by atoms with Gasteiger partial charge in [0.1, 0.15) is 0 Å². The van der Waals surface area contributed by atoms with Crippen molar-refractivity contribution < 1.29 is 9.53 Å². The molecule has 0 spiro atoms. The molecule has 1 aliphatic heterocycles. The number of carbonyl (C=O) groups excluding carboxylic acids is 1.